The third kappa shape index (κ3) is 5.96. The van der Waals surface area contributed by atoms with Gasteiger partial charge in [-0.3, -0.25) is 9.59 Å². The summed E-state index contributed by atoms with van der Waals surface area (Å²) in [7, 11) is 0. The van der Waals surface area contributed by atoms with Crippen LogP contribution in [0, 0.1) is 5.92 Å². The molecule has 0 spiro atoms. The van der Waals surface area contributed by atoms with Crippen LogP contribution in [0.15, 0.2) is 53.1 Å². The molecule has 29 heavy (non-hydrogen) atoms. The van der Waals surface area contributed by atoms with E-state index in [9.17, 15) is 9.59 Å². The summed E-state index contributed by atoms with van der Waals surface area (Å²) in [6.07, 6.45) is 7.07. The molecule has 5 nitrogen and oxygen atoms in total. The maximum absolute atomic E-state index is 13.3. The first kappa shape index (κ1) is 21.2. The summed E-state index contributed by atoms with van der Waals surface area (Å²) >= 11 is 0. The molecule has 0 unspecified atom stereocenters. The standard InChI is InChI=1S/C24H32N2O3/c1-19(2)24(28)26(21-12-7-4-8-13-21)18-23(27)25(17-22-14-9-15-29-22)16-20-10-5-3-6-11-20/h3,5-6,9-11,14-15,19,21H,4,7-8,12-13,16-18H2,1-2H3. The molecule has 2 amide bonds. The quantitative estimate of drug-likeness (QED) is 0.654. The fraction of sp³-hybridized carbons (Fsp3) is 0.500. The Bertz CT molecular complexity index is 765. The molecule has 0 aliphatic heterocycles. The second-order valence-corrected chi connectivity index (χ2v) is 8.23. The third-order valence-electron chi connectivity index (χ3n) is 5.59. The zero-order chi connectivity index (χ0) is 20.6. The zero-order valence-electron chi connectivity index (χ0n) is 17.5. The third-order valence-corrected chi connectivity index (χ3v) is 5.59. The van der Waals surface area contributed by atoms with Crippen LogP contribution in [0.5, 0.6) is 0 Å². The van der Waals surface area contributed by atoms with Crippen LogP contribution in [0.1, 0.15) is 57.3 Å². The number of hydrogen-bond donors (Lipinski definition) is 0. The summed E-state index contributed by atoms with van der Waals surface area (Å²) in [6, 6.07) is 13.8. The summed E-state index contributed by atoms with van der Waals surface area (Å²) in [5.74, 6) is 0.666. The van der Waals surface area contributed by atoms with Crippen LogP contribution in [0.3, 0.4) is 0 Å². The first-order valence-corrected chi connectivity index (χ1v) is 10.7. The SMILES string of the molecule is CC(C)C(=O)N(CC(=O)N(Cc1ccccc1)Cc1ccco1)C1CCCCC1. The molecule has 1 heterocycles. The summed E-state index contributed by atoms with van der Waals surface area (Å²) < 4.78 is 5.48. The van der Waals surface area contributed by atoms with E-state index in [0.29, 0.717) is 13.1 Å². The number of carbonyl (C=O) groups excluding carboxylic acids is 2. The first-order chi connectivity index (χ1) is 14.0. The molecule has 0 saturated heterocycles. The molecule has 2 aromatic rings. The minimum absolute atomic E-state index is 0.0372. The van der Waals surface area contributed by atoms with Crippen LogP contribution in [0.25, 0.3) is 0 Å². The largest absolute Gasteiger partial charge is 0.467 e. The number of rotatable bonds is 8. The van der Waals surface area contributed by atoms with Crippen molar-refractivity contribution in [2.45, 2.75) is 65.1 Å². The van der Waals surface area contributed by atoms with Gasteiger partial charge in [0.05, 0.1) is 12.8 Å². The van der Waals surface area contributed by atoms with Gasteiger partial charge in [-0.2, -0.15) is 0 Å². The number of benzene rings is 1. The van der Waals surface area contributed by atoms with Crippen molar-refractivity contribution in [3.63, 3.8) is 0 Å². The molecule has 0 bridgehead atoms. The molecule has 1 saturated carbocycles. The Kier molecular flexibility index (Phi) is 7.50. The Morgan fingerprint density at radius 2 is 1.72 bits per heavy atom. The van der Waals surface area contributed by atoms with Crippen molar-refractivity contribution < 1.29 is 14.0 Å². The van der Waals surface area contributed by atoms with Crippen LogP contribution in [0.2, 0.25) is 0 Å². The van der Waals surface area contributed by atoms with E-state index in [4.69, 9.17) is 4.42 Å². The predicted molar refractivity (Wildman–Crippen MR) is 113 cm³/mol. The lowest BCUT2D eigenvalue weighted by Gasteiger charge is -2.36. The zero-order valence-corrected chi connectivity index (χ0v) is 17.5. The second kappa shape index (κ2) is 10.3. The Hall–Kier alpha value is -2.56. The van der Waals surface area contributed by atoms with E-state index in [-0.39, 0.29) is 30.3 Å². The van der Waals surface area contributed by atoms with Crippen molar-refractivity contribution in [2.75, 3.05) is 6.54 Å². The van der Waals surface area contributed by atoms with Crippen molar-refractivity contribution >= 4 is 11.8 Å². The maximum Gasteiger partial charge on any atom is 0.242 e. The van der Waals surface area contributed by atoms with Crippen LogP contribution in [0.4, 0.5) is 0 Å². The molecular formula is C24H32N2O3. The van der Waals surface area contributed by atoms with Gasteiger partial charge in [0, 0.05) is 18.5 Å². The minimum atomic E-state index is -0.114. The van der Waals surface area contributed by atoms with Gasteiger partial charge in [0.15, 0.2) is 0 Å². The lowest BCUT2D eigenvalue weighted by atomic mass is 9.93. The summed E-state index contributed by atoms with van der Waals surface area (Å²) in [6.45, 7) is 4.85. The highest BCUT2D eigenvalue weighted by Crippen LogP contribution is 2.24. The van der Waals surface area contributed by atoms with Gasteiger partial charge in [-0.25, -0.2) is 0 Å². The van der Waals surface area contributed by atoms with Gasteiger partial charge >= 0.3 is 0 Å². The van der Waals surface area contributed by atoms with E-state index in [1.807, 2.05) is 61.2 Å². The van der Waals surface area contributed by atoms with E-state index < -0.39 is 0 Å². The fourth-order valence-electron chi connectivity index (χ4n) is 3.98. The Morgan fingerprint density at radius 1 is 1.00 bits per heavy atom. The summed E-state index contributed by atoms with van der Waals surface area (Å²) in [5, 5.41) is 0. The molecular weight excluding hydrogens is 364 g/mol. The van der Waals surface area contributed by atoms with Gasteiger partial charge in [0.25, 0.3) is 0 Å². The molecule has 1 aliphatic carbocycles. The van der Waals surface area contributed by atoms with Crippen molar-refractivity contribution in [3.05, 3.63) is 60.1 Å². The maximum atomic E-state index is 13.3. The normalized spacial score (nSPS) is 14.7. The molecule has 0 atom stereocenters. The second-order valence-electron chi connectivity index (χ2n) is 8.23. The summed E-state index contributed by atoms with van der Waals surface area (Å²) in [5.41, 5.74) is 1.06. The van der Waals surface area contributed by atoms with Gasteiger partial charge in [-0.15, -0.1) is 0 Å². The van der Waals surface area contributed by atoms with Gasteiger partial charge in [-0.1, -0.05) is 63.4 Å². The van der Waals surface area contributed by atoms with Crippen LogP contribution < -0.4 is 0 Å². The number of nitrogens with zero attached hydrogens (tertiary/aromatic N) is 2. The molecule has 1 aliphatic rings. The van der Waals surface area contributed by atoms with Crippen LogP contribution in [-0.4, -0.2) is 34.2 Å². The Balaban J connectivity index is 1.77. The van der Waals surface area contributed by atoms with Crippen molar-refractivity contribution in [1.29, 1.82) is 0 Å². The van der Waals surface area contributed by atoms with Crippen molar-refractivity contribution in [2.24, 2.45) is 5.92 Å². The summed E-state index contributed by atoms with van der Waals surface area (Å²) in [4.78, 5) is 29.9. The molecule has 1 aromatic heterocycles. The van der Waals surface area contributed by atoms with E-state index in [1.54, 1.807) is 11.2 Å². The van der Waals surface area contributed by atoms with E-state index in [1.165, 1.54) is 6.42 Å². The van der Waals surface area contributed by atoms with Gasteiger partial charge in [0.2, 0.25) is 11.8 Å². The molecule has 1 aromatic carbocycles. The highest BCUT2D eigenvalue weighted by molar-refractivity contribution is 5.86. The van der Waals surface area contributed by atoms with Crippen molar-refractivity contribution in [3.8, 4) is 0 Å². The number of hydrogen-bond acceptors (Lipinski definition) is 3. The average Bonchev–Trinajstić information content (AvgIpc) is 3.25. The average molecular weight is 397 g/mol. The van der Waals surface area contributed by atoms with Gasteiger partial charge in [-0.05, 0) is 30.5 Å². The van der Waals surface area contributed by atoms with Gasteiger partial charge < -0.3 is 14.2 Å². The number of carbonyl (C=O) groups is 2. The van der Waals surface area contributed by atoms with Gasteiger partial charge in [0.1, 0.15) is 12.3 Å². The Labute approximate surface area is 173 Å². The van der Waals surface area contributed by atoms with Crippen LogP contribution in [-0.2, 0) is 22.7 Å². The van der Waals surface area contributed by atoms with E-state index in [2.05, 4.69) is 0 Å². The predicted octanol–water partition coefficient (Wildman–Crippen LogP) is 4.63. The number of furan rings is 1. The smallest absolute Gasteiger partial charge is 0.242 e. The monoisotopic (exact) mass is 396 g/mol. The minimum Gasteiger partial charge on any atom is -0.467 e. The van der Waals surface area contributed by atoms with E-state index >= 15 is 0 Å². The molecule has 3 rings (SSSR count). The molecule has 1 fully saturated rings. The topological polar surface area (TPSA) is 53.8 Å². The van der Waals surface area contributed by atoms with Crippen LogP contribution >= 0.6 is 0 Å². The lowest BCUT2D eigenvalue weighted by Crippen LogP contribution is -2.49. The molecule has 0 radical (unpaired) electrons. The Morgan fingerprint density at radius 3 is 2.34 bits per heavy atom. The highest BCUT2D eigenvalue weighted by atomic mass is 16.3. The van der Waals surface area contributed by atoms with Crippen molar-refractivity contribution in [1.82, 2.24) is 9.80 Å². The first-order valence-electron chi connectivity index (χ1n) is 10.7. The lowest BCUT2D eigenvalue weighted by molar-refractivity contribution is -0.145. The number of amides is 2. The molecule has 5 heteroatoms. The molecule has 0 N–H and O–H groups in total. The highest BCUT2D eigenvalue weighted by Gasteiger charge is 2.30. The van der Waals surface area contributed by atoms with E-state index in [0.717, 1.165) is 37.0 Å². The molecule has 156 valence electrons. The fourth-order valence-corrected chi connectivity index (χ4v) is 3.98.